The van der Waals surface area contributed by atoms with Crippen molar-refractivity contribution in [1.29, 1.82) is 0 Å². The van der Waals surface area contributed by atoms with Gasteiger partial charge in [-0.3, -0.25) is 4.79 Å². The summed E-state index contributed by atoms with van der Waals surface area (Å²) >= 11 is 0. The van der Waals surface area contributed by atoms with Gasteiger partial charge in [-0.15, -0.1) is 0 Å². The molecule has 1 aromatic heterocycles. The Kier molecular flexibility index (Phi) is 5.40. The van der Waals surface area contributed by atoms with Crippen LogP contribution in [0.3, 0.4) is 0 Å². The highest BCUT2D eigenvalue weighted by Gasteiger charge is 2.54. The highest BCUT2D eigenvalue weighted by atomic mass is 19.3. The fraction of sp³-hybridized carbons (Fsp3) is 0.238. The number of aliphatic hydroxyl groups is 1. The number of carbonyl (C=O) groups excluding carboxylic acids is 1. The molecule has 0 bridgehead atoms. The van der Waals surface area contributed by atoms with Gasteiger partial charge in [0.1, 0.15) is 23.8 Å². The molecule has 31 heavy (non-hydrogen) atoms. The fourth-order valence-electron chi connectivity index (χ4n) is 3.19. The van der Waals surface area contributed by atoms with Crippen LogP contribution in [0.25, 0.3) is 10.8 Å². The van der Waals surface area contributed by atoms with E-state index in [-0.39, 0.29) is 17.4 Å². The molecule has 4 rings (SSSR count). The third-order valence-electron chi connectivity index (χ3n) is 4.80. The lowest BCUT2D eigenvalue weighted by Gasteiger charge is -2.29. The molecule has 1 N–H and O–H groups in total. The molecule has 0 unspecified atom stereocenters. The third kappa shape index (κ3) is 3.98. The third-order valence-corrected chi connectivity index (χ3v) is 4.80. The smallest absolute Gasteiger partial charge is 0.312 e. The van der Waals surface area contributed by atoms with E-state index in [0.29, 0.717) is 5.75 Å². The molecule has 6 nitrogen and oxygen atoms in total. The average Bonchev–Trinajstić information content (AvgIpc) is 3.37. The molecule has 2 heterocycles. The lowest BCUT2D eigenvalue weighted by Crippen LogP contribution is -2.51. The summed E-state index contributed by atoms with van der Waals surface area (Å²) < 4.78 is 63.3. The fourth-order valence-corrected chi connectivity index (χ4v) is 3.19. The molecule has 3 aromatic rings. The number of nitrogens with zero attached hydrogens (tertiary/aromatic N) is 2. The Bertz CT molecular complexity index is 1150. The number of benzene rings is 2. The summed E-state index contributed by atoms with van der Waals surface area (Å²) in [4.78, 5) is 12.5. The number of hydrazone groups is 1. The van der Waals surface area contributed by atoms with Crippen LogP contribution in [-0.4, -0.2) is 40.3 Å². The van der Waals surface area contributed by atoms with E-state index in [9.17, 15) is 27.5 Å². The molecule has 1 atom stereocenters. The molecular formula is C21H16F4N2O4. The van der Waals surface area contributed by atoms with Gasteiger partial charge in [0.25, 0.3) is 12.9 Å². The molecule has 10 heteroatoms. The van der Waals surface area contributed by atoms with Crippen LogP contribution in [0.1, 0.15) is 22.7 Å². The van der Waals surface area contributed by atoms with Crippen LogP contribution >= 0.6 is 0 Å². The van der Waals surface area contributed by atoms with Crippen molar-refractivity contribution in [2.75, 3.05) is 0 Å². The van der Waals surface area contributed by atoms with Crippen LogP contribution in [0.15, 0.2) is 64.1 Å². The molecule has 162 valence electrons. The quantitative estimate of drug-likeness (QED) is 0.580. The number of fused-ring (bicyclic) bond motifs is 1. The summed E-state index contributed by atoms with van der Waals surface area (Å²) in [6, 6.07) is 15.7. The Labute approximate surface area is 173 Å². The average molecular weight is 436 g/mol. The standard InChI is InChI=1S/C21H16F4N2O4/c22-18(23)16-10-21(29,20(24)25)27(26-16)19(28)17-8-7-15(31-17)11-30-14-6-5-12-3-1-2-4-13(12)9-14/h1-9,18,20,29H,10-11H2/t21-/m1/s1. The number of hydrogen-bond donors (Lipinski definition) is 1. The van der Waals surface area contributed by atoms with Gasteiger partial charge in [0, 0.05) is 6.42 Å². The van der Waals surface area contributed by atoms with Crippen LogP contribution in [0, 0.1) is 0 Å². The molecule has 0 fully saturated rings. The van der Waals surface area contributed by atoms with Crippen molar-refractivity contribution >= 4 is 22.4 Å². The second kappa shape index (κ2) is 8.03. The van der Waals surface area contributed by atoms with E-state index in [2.05, 4.69) is 5.10 Å². The summed E-state index contributed by atoms with van der Waals surface area (Å²) in [7, 11) is 0. The van der Waals surface area contributed by atoms with Gasteiger partial charge in [-0.25, -0.2) is 17.6 Å². The first-order valence-electron chi connectivity index (χ1n) is 9.19. The van der Waals surface area contributed by atoms with E-state index in [0.717, 1.165) is 10.8 Å². The van der Waals surface area contributed by atoms with E-state index < -0.39 is 42.4 Å². The molecule has 0 saturated carbocycles. The molecule has 1 aliphatic heterocycles. The molecule has 1 amide bonds. The van der Waals surface area contributed by atoms with Gasteiger partial charge < -0.3 is 14.3 Å². The van der Waals surface area contributed by atoms with Crippen molar-refractivity contribution in [1.82, 2.24) is 5.01 Å². The first kappa shape index (κ1) is 20.9. The molecule has 0 aliphatic carbocycles. The summed E-state index contributed by atoms with van der Waals surface area (Å²) in [5.41, 5.74) is -4.18. The Morgan fingerprint density at radius 1 is 1.13 bits per heavy atom. The number of halogens is 4. The topological polar surface area (TPSA) is 75.3 Å². The van der Waals surface area contributed by atoms with Crippen molar-refractivity contribution in [3.8, 4) is 5.75 Å². The minimum absolute atomic E-state index is 0.0496. The normalized spacial score (nSPS) is 18.8. The first-order valence-corrected chi connectivity index (χ1v) is 9.19. The first-order chi connectivity index (χ1) is 14.8. The van der Waals surface area contributed by atoms with Crippen molar-refractivity contribution in [3.63, 3.8) is 0 Å². The van der Waals surface area contributed by atoms with E-state index in [1.54, 1.807) is 6.07 Å². The highest BCUT2D eigenvalue weighted by Crippen LogP contribution is 2.34. The zero-order valence-corrected chi connectivity index (χ0v) is 15.8. The van der Waals surface area contributed by atoms with Gasteiger partial charge >= 0.3 is 5.91 Å². The zero-order chi connectivity index (χ0) is 22.2. The lowest BCUT2D eigenvalue weighted by atomic mass is 10.1. The number of hydrogen-bond acceptors (Lipinski definition) is 5. The SMILES string of the molecule is O=C(c1ccc(COc2ccc3ccccc3c2)o1)N1N=C(C(F)F)C[C@@]1(O)C(F)F. The lowest BCUT2D eigenvalue weighted by molar-refractivity contribution is -0.164. The number of rotatable bonds is 6. The number of carbonyl (C=O) groups is 1. The predicted molar refractivity (Wildman–Crippen MR) is 102 cm³/mol. The number of alkyl halides is 4. The number of furan rings is 1. The molecule has 0 saturated heterocycles. The van der Waals surface area contributed by atoms with Gasteiger partial charge in [0.05, 0.1) is 0 Å². The molecule has 0 spiro atoms. The zero-order valence-electron chi connectivity index (χ0n) is 15.8. The summed E-state index contributed by atoms with van der Waals surface area (Å²) in [5.74, 6) is -0.985. The second-order valence-corrected chi connectivity index (χ2v) is 6.93. The van der Waals surface area contributed by atoms with Crippen LogP contribution in [0.5, 0.6) is 5.75 Å². The van der Waals surface area contributed by atoms with E-state index in [1.165, 1.54) is 12.1 Å². The minimum Gasteiger partial charge on any atom is -0.486 e. The second-order valence-electron chi connectivity index (χ2n) is 6.93. The van der Waals surface area contributed by atoms with Gasteiger partial charge in [0.2, 0.25) is 5.72 Å². The Morgan fingerprint density at radius 3 is 2.58 bits per heavy atom. The maximum atomic E-state index is 13.3. The highest BCUT2D eigenvalue weighted by molar-refractivity contribution is 5.97. The molecule has 2 aromatic carbocycles. The Morgan fingerprint density at radius 2 is 1.87 bits per heavy atom. The molecule has 1 aliphatic rings. The van der Waals surface area contributed by atoms with E-state index in [1.807, 2.05) is 36.4 Å². The van der Waals surface area contributed by atoms with Gasteiger partial charge in [-0.05, 0) is 35.0 Å². The predicted octanol–water partition coefficient (Wildman–Crippen LogP) is 4.43. The van der Waals surface area contributed by atoms with Crippen molar-refractivity contribution < 1.29 is 36.6 Å². The monoisotopic (exact) mass is 436 g/mol. The van der Waals surface area contributed by atoms with Gasteiger partial charge in [-0.2, -0.15) is 10.1 Å². The number of amides is 1. The van der Waals surface area contributed by atoms with E-state index >= 15 is 0 Å². The van der Waals surface area contributed by atoms with Crippen molar-refractivity contribution in [3.05, 3.63) is 66.1 Å². The van der Waals surface area contributed by atoms with Crippen LogP contribution in [-0.2, 0) is 6.61 Å². The maximum Gasteiger partial charge on any atom is 0.312 e. The minimum atomic E-state index is -3.51. The van der Waals surface area contributed by atoms with Crippen molar-refractivity contribution in [2.24, 2.45) is 5.10 Å². The van der Waals surface area contributed by atoms with Crippen LogP contribution in [0.4, 0.5) is 17.6 Å². The van der Waals surface area contributed by atoms with Crippen LogP contribution in [0.2, 0.25) is 0 Å². The largest absolute Gasteiger partial charge is 0.486 e. The van der Waals surface area contributed by atoms with Crippen molar-refractivity contribution in [2.45, 2.75) is 31.6 Å². The van der Waals surface area contributed by atoms with Gasteiger partial charge in [-0.1, -0.05) is 30.3 Å². The number of ether oxygens (including phenoxy) is 1. The Hall–Kier alpha value is -3.40. The molecular weight excluding hydrogens is 420 g/mol. The Balaban J connectivity index is 1.49. The summed E-state index contributed by atoms with van der Waals surface area (Å²) in [6.07, 6.45) is -7.86. The van der Waals surface area contributed by atoms with Crippen LogP contribution < -0.4 is 4.74 Å². The summed E-state index contributed by atoms with van der Waals surface area (Å²) in [5, 5.41) is 15.2. The molecule has 0 radical (unpaired) electrons. The van der Waals surface area contributed by atoms with E-state index in [4.69, 9.17) is 9.15 Å². The van der Waals surface area contributed by atoms with Gasteiger partial charge in [0.15, 0.2) is 5.76 Å². The maximum absolute atomic E-state index is 13.3. The summed E-state index contributed by atoms with van der Waals surface area (Å²) in [6.45, 7) is -0.0731.